The summed E-state index contributed by atoms with van der Waals surface area (Å²) in [7, 11) is 0. The lowest BCUT2D eigenvalue weighted by Gasteiger charge is -2.09. The summed E-state index contributed by atoms with van der Waals surface area (Å²) in [5.74, 6) is -0.920. The van der Waals surface area contributed by atoms with Crippen LogP contribution in [0.2, 0.25) is 0 Å². The van der Waals surface area contributed by atoms with E-state index in [1.54, 1.807) is 18.2 Å². The van der Waals surface area contributed by atoms with Gasteiger partial charge in [0, 0.05) is 4.47 Å². The molecule has 0 radical (unpaired) electrons. The molecule has 0 heterocycles. The van der Waals surface area contributed by atoms with E-state index in [0.717, 1.165) is 4.47 Å². The van der Waals surface area contributed by atoms with E-state index in [1.165, 1.54) is 18.2 Å². The first-order valence-electron chi connectivity index (χ1n) is 5.29. The number of hydrogen-bond donors (Lipinski definition) is 2. The van der Waals surface area contributed by atoms with Gasteiger partial charge >= 0.3 is 0 Å². The highest BCUT2D eigenvalue weighted by atomic mass is 79.9. The number of nitrogens with one attached hydrogen (secondary N) is 1. The summed E-state index contributed by atoms with van der Waals surface area (Å²) in [5, 5.41) is 2.64. The van der Waals surface area contributed by atoms with E-state index in [9.17, 15) is 9.18 Å². The Morgan fingerprint density at radius 1 is 1.21 bits per heavy atom. The highest BCUT2D eigenvalue weighted by molar-refractivity contribution is 9.10. The summed E-state index contributed by atoms with van der Waals surface area (Å²) >= 11 is 6.33. The molecule has 3 N–H and O–H groups in total. The second-order valence-corrected chi connectivity index (χ2v) is 5.50. The van der Waals surface area contributed by atoms with E-state index in [-0.39, 0.29) is 10.0 Å². The molecule has 0 bridgehead atoms. The van der Waals surface area contributed by atoms with Crippen molar-refractivity contribution in [1.29, 1.82) is 0 Å². The molecule has 0 spiro atoms. The number of nitrogen functional groups attached to an aromatic ring is 1. The zero-order valence-electron chi connectivity index (χ0n) is 9.58. The molecule has 2 aromatic carbocycles. The van der Waals surface area contributed by atoms with Crippen molar-refractivity contribution in [2.24, 2.45) is 0 Å². The third-order valence-corrected chi connectivity index (χ3v) is 3.76. The van der Waals surface area contributed by atoms with Crippen LogP contribution in [0.5, 0.6) is 0 Å². The highest BCUT2D eigenvalue weighted by Gasteiger charge is 2.14. The molecule has 0 fully saturated rings. The van der Waals surface area contributed by atoms with Gasteiger partial charge in [-0.2, -0.15) is 0 Å². The van der Waals surface area contributed by atoms with Crippen molar-refractivity contribution in [3.63, 3.8) is 0 Å². The highest BCUT2D eigenvalue weighted by Crippen LogP contribution is 2.25. The number of nitrogens with two attached hydrogens (primary N) is 1. The molecular formula is C13H9Br2FN2O. The monoisotopic (exact) mass is 386 g/mol. The van der Waals surface area contributed by atoms with Crippen LogP contribution in [0, 0.1) is 5.82 Å². The van der Waals surface area contributed by atoms with E-state index in [1.807, 2.05) is 0 Å². The van der Waals surface area contributed by atoms with Gasteiger partial charge in [0.1, 0.15) is 5.82 Å². The first-order valence-corrected chi connectivity index (χ1v) is 6.88. The van der Waals surface area contributed by atoms with E-state index in [0.29, 0.717) is 11.4 Å². The van der Waals surface area contributed by atoms with Crippen molar-refractivity contribution in [1.82, 2.24) is 0 Å². The largest absolute Gasteiger partial charge is 0.397 e. The Morgan fingerprint density at radius 3 is 2.63 bits per heavy atom. The Morgan fingerprint density at radius 2 is 1.95 bits per heavy atom. The minimum Gasteiger partial charge on any atom is -0.397 e. The average Bonchev–Trinajstić information content (AvgIpc) is 2.36. The molecule has 0 aliphatic rings. The Kier molecular flexibility index (Phi) is 4.21. The van der Waals surface area contributed by atoms with Crippen LogP contribution in [0.4, 0.5) is 15.8 Å². The quantitative estimate of drug-likeness (QED) is 0.759. The molecule has 0 unspecified atom stereocenters. The normalized spacial score (nSPS) is 10.3. The maximum atomic E-state index is 13.4. The number of carbonyl (C=O) groups excluding carboxylic acids is 1. The van der Waals surface area contributed by atoms with Crippen LogP contribution in [0.1, 0.15) is 10.4 Å². The summed E-state index contributed by atoms with van der Waals surface area (Å²) in [6.07, 6.45) is 0. The fourth-order valence-electron chi connectivity index (χ4n) is 1.52. The van der Waals surface area contributed by atoms with E-state index >= 15 is 0 Å². The van der Waals surface area contributed by atoms with Crippen molar-refractivity contribution in [2.45, 2.75) is 0 Å². The Hall–Kier alpha value is -1.40. The predicted octanol–water partition coefficient (Wildman–Crippen LogP) is 4.19. The van der Waals surface area contributed by atoms with Crippen LogP contribution >= 0.6 is 31.9 Å². The number of benzene rings is 2. The number of rotatable bonds is 2. The van der Waals surface area contributed by atoms with E-state index < -0.39 is 11.7 Å². The minimum atomic E-state index is -0.489. The fraction of sp³-hybridized carbons (Fsp3) is 0. The third kappa shape index (κ3) is 3.13. The second kappa shape index (κ2) is 5.71. The SMILES string of the molecule is Nc1cc(Br)ccc1NC(=O)c1cccc(F)c1Br. The van der Waals surface area contributed by atoms with Gasteiger partial charge in [0.05, 0.1) is 21.4 Å². The molecule has 1 amide bonds. The van der Waals surface area contributed by atoms with Gasteiger partial charge in [0.15, 0.2) is 0 Å². The number of halogens is 3. The van der Waals surface area contributed by atoms with Gasteiger partial charge in [-0.3, -0.25) is 4.79 Å². The van der Waals surface area contributed by atoms with Gasteiger partial charge in [-0.1, -0.05) is 22.0 Å². The summed E-state index contributed by atoms with van der Waals surface area (Å²) in [6, 6.07) is 9.37. The average molecular weight is 388 g/mol. The number of hydrogen-bond acceptors (Lipinski definition) is 2. The van der Waals surface area contributed by atoms with Gasteiger partial charge in [-0.05, 0) is 46.3 Å². The zero-order chi connectivity index (χ0) is 14.0. The summed E-state index contributed by atoms with van der Waals surface area (Å²) < 4.78 is 14.3. The molecule has 0 atom stereocenters. The summed E-state index contributed by atoms with van der Waals surface area (Å²) in [5.41, 5.74) is 6.90. The van der Waals surface area contributed by atoms with Crippen molar-refractivity contribution in [3.8, 4) is 0 Å². The van der Waals surface area contributed by atoms with Crippen LogP contribution in [-0.2, 0) is 0 Å². The van der Waals surface area contributed by atoms with Crippen LogP contribution in [0.25, 0.3) is 0 Å². The third-order valence-electron chi connectivity index (χ3n) is 2.46. The zero-order valence-corrected chi connectivity index (χ0v) is 12.8. The molecule has 6 heteroatoms. The standard InChI is InChI=1S/C13H9Br2FN2O/c14-7-4-5-11(10(17)6-7)18-13(19)8-2-1-3-9(16)12(8)15/h1-6H,17H2,(H,18,19). The molecule has 0 saturated carbocycles. The summed E-state index contributed by atoms with van der Waals surface area (Å²) in [4.78, 5) is 12.0. The first kappa shape index (κ1) is 14.0. The smallest absolute Gasteiger partial charge is 0.256 e. The molecule has 0 saturated heterocycles. The lowest BCUT2D eigenvalue weighted by Crippen LogP contribution is -2.14. The van der Waals surface area contributed by atoms with Crippen molar-refractivity contribution < 1.29 is 9.18 Å². The van der Waals surface area contributed by atoms with Gasteiger partial charge in [-0.25, -0.2) is 4.39 Å². The van der Waals surface area contributed by atoms with Crippen molar-refractivity contribution in [3.05, 3.63) is 56.7 Å². The Balaban J connectivity index is 2.28. The molecule has 0 aliphatic carbocycles. The van der Waals surface area contributed by atoms with E-state index in [4.69, 9.17) is 5.73 Å². The molecule has 98 valence electrons. The fourth-order valence-corrected chi connectivity index (χ4v) is 2.34. The summed E-state index contributed by atoms with van der Waals surface area (Å²) in [6.45, 7) is 0. The van der Waals surface area contributed by atoms with Crippen LogP contribution < -0.4 is 11.1 Å². The lowest BCUT2D eigenvalue weighted by atomic mass is 10.2. The topological polar surface area (TPSA) is 55.1 Å². The second-order valence-electron chi connectivity index (χ2n) is 3.79. The van der Waals surface area contributed by atoms with Crippen molar-refractivity contribution in [2.75, 3.05) is 11.1 Å². The van der Waals surface area contributed by atoms with Crippen LogP contribution in [-0.4, -0.2) is 5.91 Å². The molecule has 3 nitrogen and oxygen atoms in total. The number of carbonyl (C=O) groups is 1. The first-order chi connectivity index (χ1) is 8.99. The predicted molar refractivity (Wildman–Crippen MR) is 80.6 cm³/mol. The molecule has 2 aromatic rings. The van der Waals surface area contributed by atoms with Gasteiger partial charge in [0.2, 0.25) is 0 Å². The van der Waals surface area contributed by atoms with Crippen LogP contribution in [0.3, 0.4) is 0 Å². The maximum Gasteiger partial charge on any atom is 0.256 e. The van der Waals surface area contributed by atoms with Crippen molar-refractivity contribution >= 4 is 49.1 Å². The molecule has 0 aromatic heterocycles. The Bertz CT molecular complexity index is 647. The number of amides is 1. The molecule has 2 rings (SSSR count). The maximum absolute atomic E-state index is 13.4. The molecular weight excluding hydrogens is 379 g/mol. The van der Waals surface area contributed by atoms with Gasteiger partial charge < -0.3 is 11.1 Å². The number of anilines is 2. The van der Waals surface area contributed by atoms with Crippen LogP contribution in [0.15, 0.2) is 45.3 Å². The van der Waals surface area contributed by atoms with Gasteiger partial charge in [0.25, 0.3) is 5.91 Å². The minimum absolute atomic E-state index is 0.128. The van der Waals surface area contributed by atoms with Gasteiger partial charge in [-0.15, -0.1) is 0 Å². The van der Waals surface area contributed by atoms with E-state index in [2.05, 4.69) is 37.2 Å². The Labute approximate surface area is 126 Å². The lowest BCUT2D eigenvalue weighted by molar-refractivity contribution is 0.102. The molecule has 0 aliphatic heterocycles. The molecule has 19 heavy (non-hydrogen) atoms.